The van der Waals surface area contributed by atoms with E-state index in [0.29, 0.717) is 16.3 Å². The standard InChI is InChI=1S/C13H14ClNO3S2/c1-8(16)12(15-9(2)17)7-19-20-13(18)10-3-5-11(14)6-4-10/h3-6,12H,7H2,1-2H3,(H,15,17). The van der Waals surface area contributed by atoms with E-state index in [4.69, 9.17) is 11.6 Å². The first-order valence-electron chi connectivity index (χ1n) is 5.77. The molecular formula is C13H14ClNO3S2. The van der Waals surface area contributed by atoms with Crippen molar-refractivity contribution in [2.24, 2.45) is 0 Å². The van der Waals surface area contributed by atoms with Gasteiger partial charge in [-0.1, -0.05) is 22.4 Å². The minimum atomic E-state index is -0.567. The fourth-order valence-corrected chi connectivity index (χ4v) is 3.51. The highest BCUT2D eigenvalue weighted by molar-refractivity contribution is 8.82. The van der Waals surface area contributed by atoms with Gasteiger partial charge in [-0.2, -0.15) is 0 Å². The minimum absolute atomic E-state index is 0.114. The van der Waals surface area contributed by atoms with E-state index in [0.717, 1.165) is 10.8 Å². The van der Waals surface area contributed by atoms with Gasteiger partial charge in [0.15, 0.2) is 5.78 Å². The summed E-state index contributed by atoms with van der Waals surface area (Å²) in [6, 6.07) is 6.03. The molecule has 0 aliphatic rings. The second-order valence-electron chi connectivity index (χ2n) is 4.03. The number of rotatable bonds is 6. The van der Waals surface area contributed by atoms with Gasteiger partial charge in [0, 0.05) is 23.3 Å². The van der Waals surface area contributed by atoms with E-state index in [-0.39, 0.29) is 16.8 Å². The maximum absolute atomic E-state index is 11.9. The van der Waals surface area contributed by atoms with Crippen LogP contribution in [0.4, 0.5) is 0 Å². The average molecular weight is 332 g/mol. The molecule has 0 heterocycles. The van der Waals surface area contributed by atoms with Gasteiger partial charge in [-0.25, -0.2) is 0 Å². The molecule has 0 aliphatic heterocycles. The van der Waals surface area contributed by atoms with Crippen LogP contribution in [0.2, 0.25) is 5.02 Å². The molecule has 0 bridgehead atoms. The highest BCUT2D eigenvalue weighted by Gasteiger charge is 2.16. The predicted molar refractivity (Wildman–Crippen MR) is 84.1 cm³/mol. The zero-order chi connectivity index (χ0) is 15.1. The van der Waals surface area contributed by atoms with Crippen LogP contribution in [0.15, 0.2) is 24.3 Å². The normalized spacial score (nSPS) is 11.8. The molecule has 108 valence electrons. The molecule has 1 atom stereocenters. The van der Waals surface area contributed by atoms with Gasteiger partial charge in [0.1, 0.15) is 0 Å². The SMILES string of the molecule is CC(=O)NC(CSSC(=O)c1ccc(Cl)cc1)C(C)=O. The summed E-state index contributed by atoms with van der Waals surface area (Å²) in [5.74, 6) is -0.0501. The van der Waals surface area contributed by atoms with Gasteiger partial charge in [0.05, 0.1) is 6.04 Å². The number of carbonyl (C=O) groups is 3. The van der Waals surface area contributed by atoms with Crippen LogP contribution in [0.5, 0.6) is 0 Å². The van der Waals surface area contributed by atoms with E-state index in [1.165, 1.54) is 24.6 Å². The number of nitrogens with one attached hydrogen (secondary N) is 1. The summed E-state index contributed by atoms with van der Waals surface area (Å²) in [5.41, 5.74) is 0.547. The highest BCUT2D eigenvalue weighted by Crippen LogP contribution is 2.27. The number of benzene rings is 1. The molecule has 1 rings (SSSR count). The zero-order valence-electron chi connectivity index (χ0n) is 11.0. The number of carbonyl (C=O) groups excluding carboxylic acids is 3. The van der Waals surface area contributed by atoms with E-state index in [2.05, 4.69) is 5.32 Å². The van der Waals surface area contributed by atoms with Crippen LogP contribution in [0.25, 0.3) is 0 Å². The molecule has 1 N–H and O–H groups in total. The number of amides is 1. The fourth-order valence-electron chi connectivity index (χ4n) is 1.30. The molecule has 0 saturated carbocycles. The summed E-state index contributed by atoms with van der Waals surface area (Å²) in [7, 11) is 2.28. The number of halogens is 1. The Morgan fingerprint density at radius 2 is 1.80 bits per heavy atom. The lowest BCUT2D eigenvalue weighted by Crippen LogP contribution is -2.40. The third kappa shape index (κ3) is 5.98. The summed E-state index contributed by atoms with van der Waals surface area (Å²) in [5, 5.41) is 3.01. The van der Waals surface area contributed by atoms with Crippen molar-refractivity contribution in [1.29, 1.82) is 0 Å². The Kier molecular flexibility index (Phi) is 7.12. The van der Waals surface area contributed by atoms with Gasteiger partial charge in [0.25, 0.3) is 0 Å². The van der Waals surface area contributed by atoms with Crippen molar-refractivity contribution in [3.63, 3.8) is 0 Å². The number of hydrogen-bond acceptors (Lipinski definition) is 5. The number of Topliss-reactive ketones (excluding diaryl/α,β-unsaturated/α-hetero) is 1. The minimum Gasteiger partial charge on any atom is -0.346 e. The number of hydrogen-bond donors (Lipinski definition) is 1. The van der Waals surface area contributed by atoms with E-state index in [1.807, 2.05) is 0 Å². The van der Waals surface area contributed by atoms with E-state index < -0.39 is 6.04 Å². The topological polar surface area (TPSA) is 63.2 Å². The Morgan fingerprint density at radius 3 is 2.30 bits per heavy atom. The van der Waals surface area contributed by atoms with Gasteiger partial charge in [0.2, 0.25) is 11.0 Å². The first kappa shape index (κ1) is 17.1. The van der Waals surface area contributed by atoms with Crippen molar-refractivity contribution in [2.75, 3.05) is 5.75 Å². The molecule has 4 nitrogen and oxygen atoms in total. The van der Waals surface area contributed by atoms with Crippen molar-refractivity contribution < 1.29 is 14.4 Å². The van der Waals surface area contributed by atoms with Crippen molar-refractivity contribution >= 4 is 50.0 Å². The molecule has 0 saturated heterocycles. The summed E-state index contributed by atoms with van der Waals surface area (Å²) < 4.78 is 0. The van der Waals surface area contributed by atoms with Gasteiger partial charge in [-0.05, 0) is 42.0 Å². The van der Waals surface area contributed by atoms with E-state index in [9.17, 15) is 14.4 Å². The zero-order valence-corrected chi connectivity index (χ0v) is 13.4. The van der Waals surface area contributed by atoms with Crippen LogP contribution in [-0.4, -0.2) is 28.6 Å². The molecule has 1 aromatic rings. The summed E-state index contributed by atoms with van der Waals surface area (Å²) in [6.07, 6.45) is 0. The maximum Gasteiger partial charge on any atom is 0.229 e. The van der Waals surface area contributed by atoms with Crippen LogP contribution in [-0.2, 0) is 9.59 Å². The Labute approximate surface area is 130 Å². The first-order chi connectivity index (χ1) is 9.40. The van der Waals surface area contributed by atoms with Crippen molar-refractivity contribution in [3.8, 4) is 0 Å². The second-order valence-corrected chi connectivity index (χ2v) is 6.78. The fraction of sp³-hybridized carbons (Fsp3) is 0.308. The van der Waals surface area contributed by atoms with Crippen molar-refractivity contribution in [1.82, 2.24) is 5.32 Å². The number of ketones is 1. The molecule has 0 spiro atoms. The highest BCUT2D eigenvalue weighted by atomic mass is 35.5. The molecule has 0 aliphatic carbocycles. The van der Waals surface area contributed by atoms with Crippen LogP contribution in [0.1, 0.15) is 24.2 Å². The molecule has 0 fully saturated rings. The molecule has 0 aromatic heterocycles. The Balaban J connectivity index is 2.46. The van der Waals surface area contributed by atoms with Crippen molar-refractivity contribution in [3.05, 3.63) is 34.9 Å². The molecular weight excluding hydrogens is 318 g/mol. The Hall–Kier alpha value is -0.980. The van der Waals surface area contributed by atoms with E-state index >= 15 is 0 Å². The molecule has 1 amide bonds. The maximum atomic E-state index is 11.9. The summed E-state index contributed by atoms with van der Waals surface area (Å²) in [4.78, 5) is 34.1. The Morgan fingerprint density at radius 1 is 1.20 bits per heavy atom. The second kappa shape index (κ2) is 8.34. The van der Waals surface area contributed by atoms with Gasteiger partial charge >= 0.3 is 0 Å². The van der Waals surface area contributed by atoms with Crippen LogP contribution >= 0.6 is 33.2 Å². The van der Waals surface area contributed by atoms with Crippen LogP contribution in [0, 0.1) is 0 Å². The van der Waals surface area contributed by atoms with Gasteiger partial charge in [-0.3, -0.25) is 14.4 Å². The lowest BCUT2D eigenvalue weighted by atomic mass is 10.2. The van der Waals surface area contributed by atoms with Gasteiger partial charge < -0.3 is 5.32 Å². The van der Waals surface area contributed by atoms with Gasteiger partial charge in [-0.15, -0.1) is 0 Å². The van der Waals surface area contributed by atoms with Crippen molar-refractivity contribution in [2.45, 2.75) is 19.9 Å². The largest absolute Gasteiger partial charge is 0.346 e. The third-order valence-corrected chi connectivity index (χ3v) is 4.76. The summed E-state index contributed by atoms with van der Waals surface area (Å²) in [6.45, 7) is 2.76. The molecule has 1 aromatic carbocycles. The lowest BCUT2D eigenvalue weighted by Gasteiger charge is -2.13. The average Bonchev–Trinajstić information content (AvgIpc) is 2.37. The molecule has 0 radical (unpaired) electrons. The smallest absolute Gasteiger partial charge is 0.229 e. The predicted octanol–water partition coefficient (Wildman–Crippen LogP) is 2.96. The quantitative estimate of drug-likeness (QED) is 0.812. The van der Waals surface area contributed by atoms with E-state index in [1.54, 1.807) is 24.3 Å². The van der Waals surface area contributed by atoms with Crippen LogP contribution in [0.3, 0.4) is 0 Å². The lowest BCUT2D eigenvalue weighted by molar-refractivity contribution is -0.125. The molecule has 20 heavy (non-hydrogen) atoms. The van der Waals surface area contributed by atoms with Crippen LogP contribution < -0.4 is 5.32 Å². The monoisotopic (exact) mass is 331 g/mol. The first-order valence-corrected chi connectivity index (χ1v) is 8.46. The Bertz CT molecular complexity index is 505. The molecule has 7 heteroatoms. The summed E-state index contributed by atoms with van der Waals surface area (Å²) >= 11 is 5.74. The molecule has 1 unspecified atom stereocenters. The third-order valence-electron chi connectivity index (χ3n) is 2.32.